The molecule has 4 atom stereocenters. The number of fused-ring (bicyclic) bond motifs is 3. The maximum atomic E-state index is 14.4. The zero-order valence-electron chi connectivity index (χ0n) is 24.7. The van der Waals surface area contributed by atoms with E-state index in [1.54, 1.807) is 23.0 Å². The largest absolute Gasteiger partial charge is 0.497 e. The van der Waals surface area contributed by atoms with Crippen LogP contribution in [0.4, 0.5) is 10.1 Å². The van der Waals surface area contributed by atoms with Crippen molar-refractivity contribution >= 4 is 22.5 Å². The van der Waals surface area contributed by atoms with Crippen LogP contribution in [0.3, 0.4) is 0 Å². The molecule has 7 nitrogen and oxygen atoms in total. The molecular formula is C33H42FN5O2. The van der Waals surface area contributed by atoms with E-state index in [4.69, 9.17) is 9.73 Å². The predicted octanol–water partition coefficient (Wildman–Crippen LogP) is 6.11. The van der Waals surface area contributed by atoms with Gasteiger partial charge in [-0.2, -0.15) is 0 Å². The van der Waals surface area contributed by atoms with E-state index in [0.717, 1.165) is 43.0 Å². The first kappa shape index (κ1) is 27.7. The molecule has 2 bridgehead atoms. The Kier molecular flexibility index (Phi) is 7.51. The molecule has 0 spiro atoms. The zero-order chi connectivity index (χ0) is 28.7. The molecule has 3 aliphatic carbocycles. The van der Waals surface area contributed by atoms with Crippen LogP contribution in [0.15, 0.2) is 52.5 Å². The highest BCUT2D eigenvalue weighted by molar-refractivity contribution is 5.95. The monoisotopic (exact) mass is 559 g/mol. The van der Waals surface area contributed by atoms with Gasteiger partial charge in [-0.1, -0.05) is 26.8 Å². The summed E-state index contributed by atoms with van der Waals surface area (Å²) in [4.78, 5) is 25.6. The number of nitrogens with zero attached hydrogens (tertiary/aromatic N) is 4. The van der Waals surface area contributed by atoms with Crippen molar-refractivity contribution in [2.24, 2.45) is 28.2 Å². The van der Waals surface area contributed by atoms with Gasteiger partial charge in [-0.05, 0) is 91.5 Å². The number of hydrogen-bond acceptors (Lipinski definition) is 4. The van der Waals surface area contributed by atoms with E-state index in [2.05, 4.69) is 36.0 Å². The molecule has 1 aromatic heterocycles. The van der Waals surface area contributed by atoms with Gasteiger partial charge in [0.1, 0.15) is 11.6 Å². The Morgan fingerprint density at radius 1 is 1.15 bits per heavy atom. The number of guanidine groups is 1. The summed E-state index contributed by atoms with van der Waals surface area (Å²) in [5.41, 5.74) is 2.37. The van der Waals surface area contributed by atoms with Gasteiger partial charge in [-0.3, -0.25) is 9.36 Å². The van der Waals surface area contributed by atoms with Crippen LogP contribution in [0.5, 0.6) is 5.75 Å². The summed E-state index contributed by atoms with van der Waals surface area (Å²) in [5, 5.41) is 4.18. The van der Waals surface area contributed by atoms with Gasteiger partial charge in [-0.25, -0.2) is 14.4 Å². The summed E-state index contributed by atoms with van der Waals surface area (Å²) in [6.45, 7) is 9.61. The quantitative estimate of drug-likeness (QED) is 0.291. The van der Waals surface area contributed by atoms with Crippen LogP contribution in [0.1, 0.15) is 58.4 Å². The second kappa shape index (κ2) is 11.1. The van der Waals surface area contributed by atoms with E-state index in [0.29, 0.717) is 52.6 Å². The van der Waals surface area contributed by atoms with Crippen molar-refractivity contribution in [1.29, 1.82) is 0 Å². The molecule has 2 aromatic carbocycles. The molecule has 218 valence electrons. The fourth-order valence-electron chi connectivity index (χ4n) is 7.37. The lowest BCUT2D eigenvalue weighted by atomic mass is 9.45. The summed E-state index contributed by atoms with van der Waals surface area (Å²) in [6, 6.07) is 10.9. The van der Waals surface area contributed by atoms with Crippen molar-refractivity contribution in [3.05, 3.63) is 64.5 Å². The topological polar surface area (TPSA) is 71.8 Å². The van der Waals surface area contributed by atoms with Crippen LogP contribution in [0, 0.1) is 29.0 Å². The smallest absolute Gasteiger partial charge is 0.261 e. The van der Waals surface area contributed by atoms with Gasteiger partial charge in [0.15, 0.2) is 5.96 Å². The number of aromatic nitrogens is 2. The number of ether oxygens (including phenoxy) is 1. The van der Waals surface area contributed by atoms with Gasteiger partial charge < -0.3 is 15.0 Å². The third-order valence-electron chi connectivity index (χ3n) is 10.2. The number of nitrogens with one attached hydrogen (secondary N) is 1. The minimum atomic E-state index is -0.337. The van der Waals surface area contributed by atoms with Crippen molar-refractivity contribution in [1.82, 2.24) is 14.5 Å². The number of hydrogen-bond donors (Lipinski definition) is 1. The molecular weight excluding hydrogens is 517 g/mol. The number of aliphatic imine (C=N–C) groups is 1. The number of rotatable bonds is 6. The second-order valence-corrected chi connectivity index (χ2v) is 12.8. The number of halogens is 1. The Morgan fingerprint density at radius 3 is 2.66 bits per heavy atom. The Labute approximate surface area is 241 Å². The average Bonchev–Trinajstić information content (AvgIpc) is 2.98. The molecule has 7 rings (SSSR count). The number of methoxy groups -OCH3 is 1. The average molecular weight is 560 g/mol. The maximum absolute atomic E-state index is 14.4. The Morgan fingerprint density at radius 2 is 1.95 bits per heavy atom. The van der Waals surface area contributed by atoms with Gasteiger partial charge in [-0.15, -0.1) is 0 Å². The van der Waals surface area contributed by atoms with Gasteiger partial charge >= 0.3 is 0 Å². The van der Waals surface area contributed by atoms with Gasteiger partial charge in [0.25, 0.3) is 5.56 Å². The highest BCUT2D eigenvalue weighted by Gasteiger charge is 2.56. The van der Waals surface area contributed by atoms with Crippen molar-refractivity contribution < 1.29 is 9.13 Å². The number of aryl methyl sites for hydroxylation is 2. The molecule has 1 unspecified atom stereocenters. The van der Waals surface area contributed by atoms with Gasteiger partial charge in [0.2, 0.25) is 0 Å². The van der Waals surface area contributed by atoms with Crippen LogP contribution in [0.2, 0.25) is 0 Å². The summed E-state index contributed by atoms with van der Waals surface area (Å²) >= 11 is 0. The van der Waals surface area contributed by atoms with Crippen LogP contribution in [-0.2, 0) is 13.0 Å². The molecule has 3 aromatic rings. The molecule has 1 aliphatic heterocycles. The molecule has 3 saturated carbocycles. The number of likely N-dealkylation sites (tertiary alicyclic amines) is 1. The number of benzene rings is 2. The Balaban J connectivity index is 1.21. The second-order valence-electron chi connectivity index (χ2n) is 12.8. The fraction of sp³-hybridized carbons (Fsp3) is 0.545. The van der Waals surface area contributed by atoms with E-state index in [1.807, 2.05) is 18.2 Å². The highest BCUT2D eigenvalue weighted by atomic mass is 19.1. The molecule has 0 radical (unpaired) electrons. The summed E-state index contributed by atoms with van der Waals surface area (Å²) in [6.07, 6.45) is 8.07. The molecule has 8 heteroatoms. The number of piperidine rings is 1. The Hall–Kier alpha value is -3.42. The number of anilines is 1. The molecule has 41 heavy (non-hydrogen) atoms. The highest BCUT2D eigenvalue weighted by Crippen LogP contribution is 2.61. The van der Waals surface area contributed by atoms with Crippen LogP contribution in [-0.4, -0.2) is 46.7 Å². The molecule has 1 N–H and O–H groups in total. The minimum absolute atomic E-state index is 0.127. The molecule has 2 heterocycles. The first-order chi connectivity index (χ1) is 19.7. The van der Waals surface area contributed by atoms with Gasteiger partial charge in [0.05, 0.1) is 30.4 Å². The normalized spacial score (nSPS) is 25.6. The first-order valence-electron chi connectivity index (χ1n) is 15.2. The van der Waals surface area contributed by atoms with Crippen LogP contribution < -0.4 is 15.6 Å². The van der Waals surface area contributed by atoms with Crippen molar-refractivity contribution in [2.45, 2.75) is 71.9 Å². The van der Waals surface area contributed by atoms with Crippen LogP contribution in [0.25, 0.3) is 10.9 Å². The summed E-state index contributed by atoms with van der Waals surface area (Å²) in [5.74, 6) is 3.16. The predicted molar refractivity (Wildman–Crippen MR) is 162 cm³/mol. The minimum Gasteiger partial charge on any atom is -0.497 e. The maximum Gasteiger partial charge on any atom is 0.261 e. The molecule has 4 fully saturated rings. The lowest BCUT2D eigenvalue weighted by Gasteiger charge is -2.61. The van der Waals surface area contributed by atoms with Crippen molar-refractivity contribution in [2.75, 3.05) is 25.5 Å². The van der Waals surface area contributed by atoms with E-state index in [-0.39, 0.29) is 11.4 Å². The lowest BCUT2D eigenvalue weighted by molar-refractivity contribution is -0.108. The molecule has 0 amide bonds. The SMILES string of the molecule is COc1ccc(CCn2cnc3cc(NC(=NC4C[C@@H]5C[C@H]([C@@H]4C)C5(C)C)N4CCCCC4)ccc3c2=O)c(F)c1. The lowest BCUT2D eigenvalue weighted by Crippen LogP contribution is -2.56. The molecule has 1 saturated heterocycles. The zero-order valence-corrected chi connectivity index (χ0v) is 24.7. The third-order valence-corrected chi connectivity index (χ3v) is 10.2. The van der Waals surface area contributed by atoms with E-state index in [1.165, 1.54) is 38.9 Å². The first-order valence-corrected chi connectivity index (χ1v) is 15.2. The van der Waals surface area contributed by atoms with E-state index >= 15 is 0 Å². The van der Waals surface area contributed by atoms with E-state index < -0.39 is 0 Å². The summed E-state index contributed by atoms with van der Waals surface area (Å²) < 4.78 is 21.0. The van der Waals surface area contributed by atoms with Gasteiger partial charge in [0, 0.05) is 31.4 Å². The fourth-order valence-corrected chi connectivity index (χ4v) is 7.37. The standard InChI is InChI=1S/C33H42FN5O2/c1-21-27-16-23(33(27,2)3)17-29(21)37-32(38-13-6-5-7-14-38)36-24-9-11-26-30(18-24)35-20-39(31(26)40)15-12-22-8-10-25(41-4)19-28(22)34/h8-11,18-21,23,27,29H,5-7,12-17H2,1-4H3,(H,36,37)/t21-,23-,27+,29?/m0/s1. The van der Waals surface area contributed by atoms with Crippen LogP contribution >= 0.6 is 0 Å². The third kappa shape index (κ3) is 5.33. The molecule has 4 aliphatic rings. The Bertz CT molecular complexity index is 1510. The van der Waals surface area contributed by atoms with Crippen molar-refractivity contribution in [3.63, 3.8) is 0 Å². The van der Waals surface area contributed by atoms with Crippen molar-refractivity contribution in [3.8, 4) is 5.75 Å². The summed E-state index contributed by atoms with van der Waals surface area (Å²) in [7, 11) is 1.51. The van der Waals surface area contributed by atoms with E-state index in [9.17, 15) is 9.18 Å².